The molecule has 0 saturated carbocycles. The maximum atomic E-state index is 13.0. The summed E-state index contributed by atoms with van der Waals surface area (Å²) in [4.78, 5) is 31.3. The van der Waals surface area contributed by atoms with Crippen molar-refractivity contribution in [1.82, 2.24) is 10.3 Å². The first-order valence-corrected chi connectivity index (χ1v) is 9.76. The number of amides is 2. The normalized spacial score (nSPS) is 19.4. The van der Waals surface area contributed by atoms with Crippen LogP contribution in [-0.2, 0) is 9.47 Å². The molecule has 3 rings (SSSR count). The summed E-state index contributed by atoms with van der Waals surface area (Å²) in [6.45, 7) is 4.48. The summed E-state index contributed by atoms with van der Waals surface area (Å²) in [6.07, 6.45) is 1.52. The van der Waals surface area contributed by atoms with Crippen LogP contribution < -0.4 is 10.2 Å². The predicted molar refractivity (Wildman–Crippen MR) is 105 cm³/mol. The molecule has 28 heavy (non-hydrogen) atoms. The Bertz CT molecular complexity index is 869. The summed E-state index contributed by atoms with van der Waals surface area (Å²) in [5.74, 6) is -0.461. The zero-order valence-corrected chi connectivity index (χ0v) is 16.9. The van der Waals surface area contributed by atoms with Crippen molar-refractivity contribution in [1.29, 1.82) is 0 Å². The number of rotatable bonds is 5. The third-order valence-corrected chi connectivity index (χ3v) is 4.98. The molecule has 3 heterocycles. The second-order valence-corrected chi connectivity index (χ2v) is 6.88. The van der Waals surface area contributed by atoms with Gasteiger partial charge in [0.25, 0.3) is 5.91 Å². The minimum absolute atomic E-state index is 0.000130. The van der Waals surface area contributed by atoms with E-state index in [4.69, 9.17) is 25.5 Å². The quantitative estimate of drug-likeness (QED) is 0.755. The minimum atomic E-state index is -0.557. The molecule has 1 N–H and O–H groups in total. The van der Waals surface area contributed by atoms with Crippen molar-refractivity contribution in [3.8, 4) is 0 Å². The van der Waals surface area contributed by atoms with Crippen molar-refractivity contribution in [3.63, 3.8) is 0 Å². The number of aromatic nitrogens is 1. The number of carbonyl (C=O) groups excluding carboxylic acids is 2. The summed E-state index contributed by atoms with van der Waals surface area (Å²) in [7, 11) is 1.50. The Balaban J connectivity index is 2.18. The molecule has 2 aromatic rings. The molecule has 1 aliphatic heterocycles. The van der Waals surface area contributed by atoms with Gasteiger partial charge in [-0.2, -0.15) is 0 Å². The molecule has 1 saturated heterocycles. The molecule has 2 aromatic heterocycles. The van der Waals surface area contributed by atoms with E-state index in [2.05, 4.69) is 10.3 Å². The average molecular weight is 410 g/mol. The average Bonchev–Trinajstić information content (AvgIpc) is 3.06. The second-order valence-electron chi connectivity index (χ2n) is 6.49. The number of hydrogen-bond donors (Lipinski definition) is 1. The van der Waals surface area contributed by atoms with Crippen LogP contribution in [0.2, 0.25) is 5.15 Å². The second kappa shape index (κ2) is 8.79. The molecule has 0 spiro atoms. The number of fused-ring (bicyclic) bond motifs is 1. The number of anilines is 1. The summed E-state index contributed by atoms with van der Waals surface area (Å²) < 4.78 is 16.8. The molecule has 2 atom stereocenters. The molecular weight excluding hydrogens is 386 g/mol. The molecule has 2 amide bonds. The molecular formula is C19H24ClN3O5. The Hall–Kier alpha value is -2.32. The van der Waals surface area contributed by atoms with E-state index in [0.717, 1.165) is 6.42 Å². The van der Waals surface area contributed by atoms with E-state index in [1.807, 2.05) is 6.92 Å². The molecule has 1 aliphatic rings. The fourth-order valence-corrected chi connectivity index (χ4v) is 3.57. The Labute approximate surface area is 168 Å². The van der Waals surface area contributed by atoms with Gasteiger partial charge in [0.2, 0.25) is 5.76 Å². The first-order valence-electron chi connectivity index (χ1n) is 9.38. The van der Waals surface area contributed by atoms with E-state index < -0.39 is 12.0 Å². The van der Waals surface area contributed by atoms with Crippen LogP contribution in [0.15, 0.2) is 16.5 Å². The van der Waals surface area contributed by atoms with Crippen LogP contribution in [0.25, 0.3) is 11.1 Å². The van der Waals surface area contributed by atoms with Crippen LogP contribution in [0, 0.1) is 0 Å². The van der Waals surface area contributed by atoms with E-state index in [0.29, 0.717) is 30.5 Å². The monoisotopic (exact) mass is 409 g/mol. The van der Waals surface area contributed by atoms with Crippen molar-refractivity contribution >= 4 is 40.4 Å². The standard InChI is InChI=1S/C19H24ClN3O5/c1-4-12-10-11(8-9-27-12)23(19(25)26-5-2)16-15-13(6-7-14(20)22-15)28-17(16)18(24)21-3/h6-7,11-12H,4-5,8-10H2,1-3H3,(H,21,24)/t11-,12-/m0/s1. The number of carbonyl (C=O) groups is 2. The highest BCUT2D eigenvalue weighted by atomic mass is 35.5. The number of nitrogens with zero attached hydrogens (tertiary/aromatic N) is 2. The fraction of sp³-hybridized carbons (Fsp3) is 0.526. The van der Waals surface area contributed by atoms with Crippen LogP contribution in [0.4, 0.5) is 10.5 Å². The molecule has 0 radical (unpaired) electrons. The van der Waals surface area contributed by atoms with E-state index >= 15 is 0 Å². The molecule has 152 valence electrons. The molecule has 0 bridgehead atoms. The first-order chi connectivity index (χ1) is 13.5. The largest absolute Gasteiger partial charge is 0.449 e. The third-order valence-electron chi connectivity index (χ3n) is 4.77. The highest BCUT2D eigenvalue weighted by Crippen LogP contribution is 2.37. The highest BCUT2D eigenvalue weighted by Gasteiger charge is 2.37. The number of nitrogens with one attached hydrogen (secondary N) is 1. The lowest BCUT2D eigenvalue weighted by molar-refractivity contribution is 0.00467. The van der Waals surface area contributed by atoms with Gasteiger partial charge in [-0.3, -0.25) is 9.69 Å². The fourth-order valence-electron chi connectivity index (χ4n) is 3.43. The Morgan fingerprint density at radius 2 is 2.18 bits per heavy atom. The number of ether oxygens (including phenoxy) is 2. The summed E-state index contributed by atoms with van der Waals surface area (Å²) in [5.41, 5.74) is 0.988. The molecule has 9 heteroatoms. The van der Waals surface area contributed by atoms with Crippen LogP contribution in [0.5, 0.6) is 0 Å². The maximum absolute atomic E-state index is 13.0. The van der Waals surface area contributed by atoms with Crippen LogP contribution in [0.3, 0.4) is 0 Å². The smallest absolute Gasteiger partial charge is 0.414 e. The van der Waals surface area contributed by atoms with E-state index in [9.17, 15) is 9.59 Å². The minimum Gasteiger partial charge on any atom is -0.449 e. The predicted octanol–water partition coefficient (Wildman–Crippen LogP) is 3.76. The lowest BCUT2D eigenvalue weighted by atomic mass is 9.99. The van der Waals surface area contributed by atoms with E-state index in [1.54, 1.807) is 19.1 Å². The van der Waals surface area contributed by atoms with Gasteiger partial charge in [0.15, 0.2) is 5.58 Å². The van der Waals surface area contributed by atoms with Gasteiger partial charge in [0.1, 0.15) is 16.4 Å². The van der Waals surface area contributed by atoms with Crippen LogP contribution in [-0.4, -0.2) is 49.4 Å². The van der Waals surface area contributed by atoms with Crippen LogP contribution in [0.1, 0.15) is 43.7 Å². The molecule has 0 unspecified atom stereocenters. The van der Waals surface area contributed by atoms with E-state index in [-0.39, 0.29) is 35.4 Å². The maximum Gasteiger partial charge on any atom is 0.414 e. The SMILES string of the molecule is CCOC(=O)N(c1c(C(=O)NC)oc2ccc(Cl)nc12)[C@H]1CCO[C@@H](CC)C1. The lowest BCUT2D eigenvalue weighted by Gasteiger charge is -2.36. The number of halogens is 1. The van der Waals surface area contributed by atoms with Crippen LogP contribution >= 0.6 is 11.6 Å². The number of furan rings is 1. The van der Waals surface area contributed by atoms with Crippen molar-refractivity contribution in [2.75, 3.05) is 25.2 Å². The molecule has 1 fully saturated rings. The van der Waals surface area contributed by atoms with Gasteiger partial charge in [-0.15, -0.1) is 0 Å². The Morgan fingerprint density at radius 1 is 1.39 bits per heavy atom. The van der Waals surface area contributed by atoms with Crippen molar-refractivity contribution in [3.05, 3.63) is 23.0 Å². The Morgan fingerprint density at radius 3 is 2.86 bits per heavy atom. The van der Waals surface area contributed by atoms with Gasteiger partial charge >= 0.3 is 6.09 Å². The first kappa shape index (κ1) is 20.4. The third kappa shape index (κ3) is 3.93. The molecule has 0 aliphatic carbocycles. The van der Waals surface area contributed by atoms with Gasteiger partial charge < -0.3 is 19.2 Å². The van der Waals surface area contributed by atoms with Crippen molar-refractivity contribution in [2.24, 2.45) is 0 Å². The zero-order chi connectivity index (χ0) is 20.3. The summed E-state index contributed by atoms with van der Waals surface area (Å²) in [5, 5.41) is 2.79. The number of pyridine rings is 1. The van der Waals surface area contributed by atoms with E-state index in [1.165, 1.54) is 11.9 Å². The summed E-state index contributed by atoms with van der Waals surface area (Å²) >= 11 is 6.08. The van der Waals surface area contributed by atoms with Gasteiger partial charge in [0, 0.05) is 19.7 Å². The summed E-state index contributed by atoms with van der Waals surface area (Å²) in [6, 6.07) is 2.98. The van der Waals surface area contributed by atoms with Gasteiger partial charge in [-0.25, -0.2) is 9.78 Å². The molecule has 8 nitrogen and oxygen atoms in total. The lowest BCUT2D eigenvalue weighted by Crippen LogP contribution is -2.46. The van der Waals surface area contributed by atoms with Gasteiger partial charge in [-0.1, -0.05) is 18.5 Å². The zero-order valence-electron chi connectivity index (χ0n) is 16.2. The van der Waals surface area contributed by atoms with Crippen molar-refractivity contribution in [2.45, 2.75) is 45.3 Å². The van der Waals surface area contributed by atoms with Gasteiger partial charge in [-0.05, 0) is 38.3 Å². The van der Waals surface area contributed by atoms with Crippen molar-refractivity contribution < 1.29 is 23.5 Å². The van der Waals surface area contributed by atoms with Gasteiger partial charge in [0.05, 0.1) is 12.7 Å². The topological polar surface area (TPSA) is 93.9 Å². The highest BCUT2D eigenvalue weighted by molar-refractivity contribution is 6.30. The Kier molecular flexibility index (Phi) is 6.41. The molecule has 0 aromatic carbocycles. The number of hydrogen-bond acceptors (Lipinski definition) is 6.